The molecule has 0 saturated carbocycles. The number of piperidine rings is 1. The highest BCUT2D eigenvalue weighted by Crippen LogP contribution is 2.38. The second kappa shape index (κ2) is 10.6. The molecule has 0 aliphatic carbocycles. The fourth-order valence-electron chi connectivity index (χ4n) is 6.20. The molecule has 3 atom stereocenters. The van der Waals surface area contributed by atoms with Gasteiger partial charge >= 0.3 is 0 Å². The molecule has 6 heteroatoms. The topological polar surface area (TPSA) is 88.2 Å². The molecule has 36 heavy (non-hydrogen) atoms. The number of rotatable bonds is 7. The maximum atomic E-state index is 11.1. The molecule has 3 aliphatic heterocycles. The van der Waals surface area contributed by atoms with Crippen LogP contribution >= 0.6 is 0 Å². The van der Waals surface area contributed by atoms with E-state index in [1.807, 2.05) is 12.1 Å². The van der Waals surface area contributed by atoms with Crippen LogP contribution in [0.15, 0.2) is 30.3 Å². The van der Waals surface area contributed by atoms with Gasteiger partial charge in [-0.25, -0.2) is 0 Å². The van der Waals surface area contributed by atoms with E-state index in [2.05, 4.69) is 43.9 Å². The van der Waals surface area contributed by atoms with E-state index in [1.165, 1.54) is 11.1 Å². The first kappa shape index (κ1) is 25.4. The Kier molecular flexibility index (Phi) is 7.52. The molecule has 5 rings (SSSR count). The lowest BCUT2D eigenvalue weighted by Gasteiger charge is -2.34. The molecule has 0 amide bonds. The zero-order valence-corrected chi connectivity index (χ0v) is 21.8. The summed E-state index contributed by atoms with van der Waals surface area (Å²) in [6, 6.07) is 8.20. The summed E-state index contributed by atoms with van der Waals surface area (Å²) >= 11 is 0. The Balaban J connectivity index is 1.16. The standard InChI is InChI=1S/C30H40N2O4/c1-4-5-29-23-8-6-21(18(2)25(23)16-35-29)27(33)14-20-10-12-32(13-11-20)15-28(34)22-7-9-24-26(19(22)3)17-36-30(24)31/h5-9,20,27-28,30,33-34H,4,10-17,31H2,1-3H3. The number of nitrogens with two attached hydrogens (primary N) is 1. The normalized spacial score (nSPS) is 22.9. The summed E-state index contributed by atoms with van der Waals surface area (Å²) in [5.74, 6) is 1.45. The largest absolute Gasteiger partial charge is 0.489 e. The summed E-state index contributed by atoms with van der Waals surface area (Å²) in [6.07, 6.45) is 4.57. The maximum absolute atomic E-state index is 11.1. The molecule has 1 fully saturated rings. The summed E-state index contributed by atoms with van der Waals surface area (Å²) < 4.78 is 11.4. The zero-order valence-electron chi connectivity index (χ0n) is 21.8. The Hall–Kier alpha value is -2.22. The van der Waals surface area contributed by atoms with E-state index < -0.39 is 12.2 Å². The molecular weight excluding hydrogens is 452 g/mol. The second-order valence-electron chi connectivity index (χ2n) is 10.7. The molecule has 3 heterocycles. The Bertz CT molecular complexity index is 1140. The molecule has 4 N–H and O–H groups in total. The van der Waals surface area contributed by atoms with E-state index in [0.29, 0.717) is 25.7 Å². The van der Waals surface area contributed by atoms with Crippen molar-refractivity contribution in [3.63, 3.8) is 0 Å². The highest BCUT2D eigenvalue weighted by Gasteiger charge is 2.28. The minimum Gasteiger partial charge on any atom is -0.489 e. The van der Waals surface area contributed by atoms with Crippen LogP contribution in [0.5, 0.6) is 0 Å². The van der Waals surface area contributed by atoms with Crippen LogP contribution in [0.4, 0.5) is 0 Å². The van der Waals surface area contributed by atoms with Crippen molar-refractivity contribution in [2.24, 2.45) is 11.7 Å². The van der Waals surface area contributed by atoms with Crippen molar-refractivity contribution in [2.75, 3.05) is 19.6 Å². The number of benzene rings is 2. The first-order chi connectivity index (χ1) is 17.4. The van der Waals surface area contributed by atoms with Gasteiger partial charge in [-0.3, -0.25) is 0 Å². The van der Waals surface area contributed by atoms with E-state index in [9.17, 15) is 10.2 Å². The van der Waals surface area contributed by atoms with Crippen LogP contribution < -0.4 is 5.73 Å². The molecule has 6 nitrogen and oxygen atoms in total. The van der Waals surface area contributed by atoms with Gasteiger partial charge in [0.2, 0.25) is 0 Å². The number of allylic oxidation sites excluding steroid dienone is 1. The number of aliphatic hydroxyl groups is 2. The van der Waals surface area contributed by atoms with Gasteiger partial charge < -0.3 is 30.3 Å². The first-order valence-corrected chi connectivity index (χ1v) is 13.4. The molecule has 1 saturated heterocycles. The van der Waals surface area contributed by atoms with Gasteiger partial charge in [-0.1, -0.05) is 31.2 Å². The number of hydrogen-bond acceptors (Lipinski definition) is 6. The summed E-state index contributed by atoms with van der Waals surface area (Å²) in [5.41, 5.74) is 14.8. The van der Waals surface area contributed by atoms with Gasteiger partial charge in [0.1, 0.15) is 18.6 Å². The number of hydrogen-bond donors (Lipinski definition) is 3. The number of β-amino-alcohol motifs (C(OH)–C–C–N with tert-alkyl or cyclic N) is 1. The highest BCUT2D eigenvalue weighted by atomic mass is 16.5. The van der Waals surface area contributed by atoms with Crippen molar-refractivity contribution < 1.29 is 19.7 Å². The number of fused-ring (bicyclic) bond motifs is 2. The van der Waals surface area contributed by atoms with Gasteiger partial charge in [0, 0.05) is 23.2 Å². The lowest BCUT2D eigenvalue weighted by Crippen LogP contribution is -2.37. The van der Waals surface area contributed by atoms with Crippen molar-refractivity contribution in [2.45, 2.75) is 78.1 Å². The summed E-state index contributed by atoms with van der Waals surface area (Å²) in [5, 5.41) is 22.1. The molecule has 2 aromatic carbocycles. The smallest absolute Gasteiger partial charge is 0.132 e. The SMILES string of the molecule is CCC=C1OCc2c1ccc(C(O)CC1CCN(CC(O)c3ccc4c(c3C)COC4N)CC1)c2C. The minimum absolute atomic E-state index is 0.358. The van der Waals surface area contributed by atoms with Gasteiger partial charge in [0.05, 0.1) is 18.8 Å². The Labute approximate surface area is 214 Å². The third kappa shape index (κ3) is 4.85. The zero-order chi connectivity index (χ0) is 25.4. The third-order valence-corrected chi connectivity index (χ3v) is 8.47. The van der Waals surface area contributed by atoms with Crippen molar-refractivity contribution in [3.05, 3.63) is 74.8 Å². The molecule has 3 unspecified atom stereocenters. The van der Waals surface area contributed by atoms with Gasteiger partial charge in [-0.15, -0.1) is 0 Å². The monoisotopic (exact) mass is 492 g/mol. The predicted octanol–water partition coefficient (Wildman–Crippen LogP) is 4.94. The molecule has 0 bridgehead atoms. The molecule has 3 aliphatic rings. The minimum atomic E-state index is -0.530. The van der Waals surface area contributed by atoms with Crippen LogP contribution in [0.25, 0.3) is 5.76 Å². The van der Waals surface area contributed by atoms with Crippen molar-refractivity contribution >= 4 is 5.76 Å². The Morgan fingerprint density at radius 3 is 2.44 bits per heavy atom. The average molecular weight is 493 g/mol. The fraction of sp³-hybridized carbons (Fsp3) is 0.533. The quantitative estimate of drug-likeness (QED) is 0.507. The predicted molar refractivity (Wildman–Crippen MR) is 141 cm³/mol. The second-order valence-corrected chi connectivity index (χ2v) is 10.7. The molecule has 0 radical (unpaired) electrons. The molecule has 0 spiro atoms. The highest BCUT2D eigenvalue weighted by molar-refractivity contribution is 5.68. The van der Waals surface area contributed by atoms with E-state index in [-0.39, 0.29) is 6.23 Å². The fourth-order valence-corrected chi connectivity index (χ4v) is 6.20. The first-order valence-electron chi connectivity index (χ1n) is 13.4. The lowest BCUT2D eigenvalue weighted by atomic mass is 9.86. The third-order valence-electron chi connectivity index (χ3n) is 8.47. The van der Waals surface area contributed by atoms with E-state index >= 15 is 0 Å². The van der Waals surface area contributed by atoms with Gasteiger partial charge in [-0.2, -0.15) is 0 Å². The van der Waals surface area contributed by atoms with Crippen LogP contribution in [0.3, 0.4) is 0 Å². The van der Waals surface area contributed by atoms with Crippen LogP contribution in [0, 0.1) is 19.8 Å². The molecular formula is C30H40N2O4. The molecule has 0 aromatic heterocycles. The maximum Gasteiger partial charge on any atom is 0.132 e. The van der Waals surface area contributed by atoms with E-state index in [4.69, 9.17) is 15.2 Å². The van der Waals surface area contributed by atoms with Gasteiger partial charge in [0.25, 0.3) is 0 Å². The van der Waals surface area contributed by atoms with Crippen LogP contribution in [-0.4, -0.2) is 34.7 Å². The van der Waals surface area contributed by atoms with Crippen LogP contribution in [-0.2, 0) is 22.7 Å². The average Bonchev–Trinajstić information content (AvgIpc) is 3.45. The van der Waals surface area contributed by atoms with Crippen molar-refractivity contribution in [3.8, 4) is 0 Å². The number of aliphatic hydroxyl groups excluding tert-OH is 2. The summed E-state index contributed by atoms with van der Waals surface area (Å²) in [4.78, 5) is 2.35. The number of likely N-dealkylation sites (tertiary alicyclic amines) is 1. The molecule has 2 aromatic rings. The van der Waals surface area contributed by atoms with Crippen molar-refractivity contribution in [1.29, 1.82) is 0 Å². The van der Waals surface area contributed by atoms with Crippen LogP contribution in [0.2, 0.25) is 0 Å². The Morgan fingerprint density at radius 2 is 1.69 bits per heavy atom. The Morgan fingerprint density at radius 1 is 1.00 bits per heavy atom. The summed E-state index contributed by atoms with van der Waals surface area (Å²) in [7, 11) is 0. The van der Waals surface area contributed by atoms with E-state index in [0.717, 1.165) is 77.9 Å². The van der Waals surface area contributed by atoms with E-state index in [1.54, 1.807) is 0 Å². The summed E-state index contributed by atoms with van der Waals surface area (Å²) in [6.45, 7) is 9.90. The number of ether oxygens (including phenoxy) is 2. The van der Waals surface area contributed by atoms with Gasteiger partial charge in [0.15, 0.2) is 0 Å². The lowest BCUT2D eigenvalue weighted by molar-refractivity contribution is 0.0700. The van der Waals surface area contributed by atoms with Crippen LogP contribution in [0.1, 0.15) is 95.6 Å². The molecule has 194 valence electrons. The number of nitrogens with zero attached hydrogens (tertiary/aromatic N) is 1. The van der Waals surface area contributed by atoms with Gasteiger partial charge in [-0.05, 0) is 92.4 Å². The van der Waals surface area contributed by atoms with Crippen molar-refractivity contribution in [1.82, 2.24) is 4.90 Å².